The second-order valence-corrected chi connectivity index (χ2v) is 10.9. The zero-order chi connectivity index (χ0) is 25.9. The van der Waals surface area contributed by atoms with Crippen LogP contribution in [0, 0.1) is 5.92 Å². The number of morpholine rings is 1. The molecule has 6 rings (SSSR count). The SMILES string of the molecule is CC(n1cc(-c2cncc(N3CCOCC3)c2)nn1)n1ccc(N2CCC[C@@H](NCC3CCC3)C2)cc1=O. The smallest absolute Gasteiger partial charge is 0.254 e. The minimum atomic E-state index is -0.300. The molecule has 2 aliphatic heterocycles. The van der Waals surface area contributed by atoms with E-state index in [4.69, 9.17) is 4.74 Å². The lowest BCUT2D eigenvalue weighted by Crippen LogP contribution is -2.47. The van der Waals surface area contributed by atoms with Crippen LogP contribution in [0.1, 0.15) is 45.2 Å². The third-order valence-corrected chi connectivity index (χ3v) is 8.33. The predicted molar refractivity (Wildman–Crippen MR) is 148 cm³/mol. The largest absolute Gasteiger partial charge is 0.378 e. The van der Waals surface area contributed by atoms with Crippen molar-refractivity contribution in [1.82, 2.24) is 29.9 Å². The van der Waals surface area contributed by atoms with Crippen LogP contribution in [0.3, 0.4) is 0 Å². The minimum absolute atomic E-state index is 0.0346. The Labute approximate surface area is 223 Å². The van der Waals surface area contributed by atoms with Crippen LogP contribution in [0.4, 0.5) is 11.4 Å². The maximum absolute atomic E-state index is 13.2. The fourth-order valence-corrected chi connectivity index (χ4v) is 5.67. The molecule has 2 saturated heterocycles. The van der Waals surface area contributed by atoms with Crippen molar-refractivity contribution in [1.29, 1.82) is 0 Å². The molecule has 3 aliphatic rings. The van der Waals surface area contributed by atoms with E-state index in [1.807, 2.05) is 25.5 Å². The Bertz CT molecular complexity index is 1280. The summed E-state index contributed by atoms with van der Waals surface area (Å²) < 4.78 is 8.91. The lowest BCUT2D eigenvalue weighted by atomic mass is 9.85. The van der Waals surface area contributed by atoms with E-state index in [9.17, 15) is 4.79 Å². The Kier molecular flexibility index (Phi) is 7.42. The van der Waals surface area contributed by atoms with Gasteiger partial charge in [-0.3, -0.25) is 14.3 Å². The van der Waals surface area contributed by atoms with Gasteiger partial charge in [0.05, 0.1) is 31.3 Å². The van der Waals surface area contributed by atoms with Gasteiger partial charge in [0, 0.05) is 61.9 Å². The molecule has 2 atom stereocenters. The molecule has 1 saturated carbocycles. The van der Waals surface area contributed by atoms with E-state index in [0.29, 0.717) is 6.04 Å². The van der Waals surface area contributed by atoms with E-state index in [-0.39, 0.29) is 11.7 Å². The second kappa shape index (κ2) is 11.2. The first-order valence-electron chi connectivity index (χ1n) is 14.0. The lowest BCUT2D eigenvalue weighted by molar-refractivity contribution is 0.122. The van der Waals surface area contributed by atoms with Crippen LogP contribution in [0.5, 0.6) is 0 Å². The molecule has 38 heavy (non-hydrogen) atoms. The van der Waals surface area contributed by atoms with Gasteiger partial charge in [-0.25, -0.2) is 4.68 Å². The molecule has 3 fully saturated rings. The summed E-state index contributed by atoms with van der Waals surface area (Å²) in [4.78, 5) is 22.2. The number of pyridine rings is 2. The van der Waals surface area contributed by atoms with Gasteiger partial charge in [-0.15, -0.1) is 5.10 Å². The first-order valence-corrected chi connectivity index (χ1v) is 14.0. The number of aromatic nitrogens is 5. The first kappa shape index (κ1) is 25.1. The Morgan fingerprint density at radius 3 is 2.71 bits per heavy atom. The zero-order valence-corrected chi connectivity index (χ0v) is 22.2. The molecule has 202 valence electrons. The molecular weight excluding hydrogens is 480 g/mol. The van der Waals surface area contributed by atoms with Gasteiger partial charge < -0.3 is 19.9 Å². The average Bonchev–Trinajstić information content (AvgIpc) is 3.43. The topological polar surface area (TPSA) is 93.3 Å². The number of anilines is 2. The highest BCUT2D eigenvalue weighted by atomic mass is 16.5. The lowest BCUT2D eigenvalue weighted by Gasteiger charge is -2.36. The molecular formula is C28H38N8O2. The highest BCUT2D eigenvalue weighted by Gasteiger charge is 2.24. The fourth-order valence-electron chi connectivity index (χ4n) is 5.67. The van der Waals surface area contributed by atoms with Crippen molar-refractivity contribution in [2.75, 3.05) is 55.7 Å². The van der Waals surface area contributed by atoms with Crippen LogP contribution in [0.15, 0.2) is 47.8 Å². The predicted octanol–water partition coefficient (Wildman–Crippen LogP) is 2.76. The van der Waals surface area contributed by atoms with Crippen molar-refractivity contribution in [3.05, 3.63) is 53.3 Å². The van der Waals surface area contributed by atoms with Crippen molar-refractivity contribution < 1.29 is 4.74 Å². The van der Waals surface area contributed by atoms with Gasteiger partial charge in [-0.05, 0) is 57.2 Å². The van der Waals surface area contributed by atoms with Gasteiger partial charge >= 0.3 is 0 Å². The molecule has 1 unspecified atom stereocenters. The van der Waals surface area contributed by atoms with Crippen molar-refractivity contribution in [3.8, 4) is 11.3 Å². The summed E-state index contributed by atoms with van der Waals surface area (Å²) in [6, 6.07) is 6.40. The van der Waals surface area contributed by atoms with Gasteiger partial charge in [-0.2, -0.15) is 0 Å². The Morgan fingerprint density at radius 1 is 1.05 bits per heavy atom. The molecule has 10 nitrogen and oxygen atoms in total. The highest BCUT2D eigenvalue weighted by Crippen LogP contribution is 2.26. The molecule has 5 heterocycles. The van der Waals surface area contributed by atoms with E-state index in [1.165, 1.54) is 25.7 Å². The molecule has 0 amide bonds. The average molecular weight is 519 g/mol. The van der Waals surface area contributed by atoms with Crippen molar-refractivity contribution in [2.45, 2.75) is 51.2 Å². The maximum atomic E-state index is 13.2. The highest BCUT2D eigenvalue weighted by molar-refractivity contribution is 5.63. The van der Waals surface area contributed by atoms with Crippen LogP contribution in [-0.4, -0.2) is 76.5 Å². The summed E-state index contributed by atoms with van der Waals surface area (Å²) in [5.74, 6) is 0.859. The Hall–Kier alpha value is -3.24. The third kappa shape index (κ3) is 5.47. The van der Waals surface area contributed by atoms with Gasteiger partial charge in [-0.1, -0.05) is 11.6 Å². The summed E-state index contributed by atoms with van der Waals surface area (Å²) in [6.45, 7) is 8.18. The van der Waals surface area contributed by atoms with Crippen molar-refractivity contribution in [2.24, 2.45) is 5.92 Å². The van der Waals surface area contributed by atoms with Gasteiger partial charge in [0.15, 0.2) is 0 Å². The number of nitrogens with one attached hydrogen (secondary N) is 1. The number of nitrogens with zero attached hydrogens (tertiary/aromatic N) is 7. The monoisotopic (exact) mass is 518 g/mol. The summed E-state index contributed by atoms with van der Waals surface area (Å²) >= 11 is 0. The van der Waals surface area contributed by atoms with E-state index < -0.39 is 0 Å². The zero-order valence-electron chi connectivity index (χ0n) is 22.2. The van der Waals surface area contributed by atoms with Crippen molar-refractivity contribution in [3.63, 3.8) is 0 Å². The number of hydrogen-bond acceptors (Lipinski definition) is 8. The molecule has 3 aromatic rings. The normalized spacial score (nSPS) is 21.3. The van der Waals surface area contributed by atoms with Crippen LogP contribution in [-0.2, 0) is 4.74 Å². The molecule has 0 spiro atoms. The van der Waals surface area contributed by atoms with Crippen LogP contribution >= 0.6 is 0 Å². The number of piperidine rings is 1. The van der Waals surface area contributed by atoms with E-state index in [0.717, 1.165) is 80.9 Å². The second-order valence-electron chi connectivity index (χ2n) is 10.9. The Morgan fingerprint density at radius 2 is 1.92 bits per heavy atom. The van der Waals surface area contributed by atoms with Gasteiger partial charge in [0.2, 0.25) is 0 Å². The summed E-state index contributed by atoms with van der Waals surface area (Å²) in [6.07, 6.45) is 13.6. The number of ether oxygens (including phenoxy) is 1. The standard InChI is InChI=1S/C28H38N8O2/c1-21(36-20-27(31-32-36)23-14-26(18-29-17-23)33-10-12-38-13-11-33)35-9-7-25(15-28(35)37)34-8-3-6-24(19-34)30-16-22-4-2-5-22/h7,9,14-15,17-18,20-22,24,30H,2-6,8,10-13,16,19H2,1H3/t21?,24-/m1/s1. The summed E-state index contributed by atoms with van der Waals surface area (Å²) in [5.41, 5.74) is 3.66. The molecule has 1 aliphatic carbocycles. The molecule has 0 aromatic carbocycles. The van der Waals surface area contributed by atoms with Gasteiger partial charge in [0.25, 0.3) is 5.56 Å². The van der Waals surface area contributed by atoms with E-state index in [2.05, 4.69) is 42.5 Å². The van der Waals surface area contributed by atoms with Crippen LogP contribution in [0.2, 0.25) is 0 Å². The van der Waals surface area contributed by atoms with Crippen LogP contribution < -0.4 is 20.7 Å². The third-order valence-electron chi connectivity index (χ3n) is 8.33. The number of rotatable bonds is 8. The van der Waals surface area contributed by atoms with Crippen LogP contribution in [0.25, 0.3) is 11.3 Å². The molecule has 10 heteroatoms. The maximum Gasteiger partial charge on any atom is 0.254 e. The molecule has 0 bridgehead atoms. The molecule has 0 radical (unpaired) electrons. The molecule has 1 N–H and O–H groups in total. The fraction of sp³-hybridized carbons (Fsp3) is 0.571. The summed E-state index contributed by atoms with van der Waals surface area (Å²) in [5, 5.41) is 12.5. The summed E-state index contributed by atoms with van der Waals surface area (Å²) in [7, 11) is 0. The quantitative estimate of drug-likeness (QED) is 0.487. The Balaban J connectivity index is 1.13. The first-order chi connectivity index (χ1) is 18.6. The number of hydrogen-bond donors (Lipinski definition) is 1. The van der Waals surface area contributed by atoms with E-state index in [1.54, 1.807) is 21.5 Å². The molecule has 3 aromatic heterocycles. The van der Waals surface area contributed by atoms with Crippen molar-refractivity contribution >= 4 is 11.4 Å². The van der Waals surface area contributed by atoms with Gasteiger partial charge in [0.1, 0.15) is 11.9 Å². The van der Waals surface area contributed by atoms with E-state index >= 15 is 0 Å². The minimum Gasteiger partial charge on any atom is -0.378 e.